The summed E-state index contributed by atoms with van der Waals surface area (Å²) in [6.45, 7) is 0.651. The molecular formula is C16H15ClFN5O2. The lowest BCUT2D eigenvalue weighted by atomic mass is 10.2. The van der Waals surface area contributed by atoms with Gasteiger partial charge in [0.25, 0.3) is 5.91 Å². The minimum Gasteiger partial charge on any atom is -0.362 e. The van der Waals surface area contributed by atoms with E-state index in [0.717, 1.165) is 5.56 Å². The summed E-state index contributed by atoms with van der Waals surface area (Å²) in [5, 5.41) is 11.2. The molecule has 9 heteroatoms. The second kappa shape index (κ2) is 7.45. The monoisotopic (exact) mass is 363 g/mol. The molecule has 0 atom stereocenters. The molecule has 0 spiro atoms. The van der Waals surface area contributed by atoms with Crippen molar-refractivity contribution in [3.05, 3.63) is 64.8 Å². The summed E-state index contributed by atoms with van der Waals surface area (Å²) in [7, 11) is 1.54. The molecule has 3 rings (SSSR count). The molecule has 7 nitrogen and oxygen atoms in total. The van der Waals surface area contributed by atoms with Crippen LogP contribution >= 0.6 is 11.6 Å². The van der Waals surface area contributed by atoms with Gasteiger partial charge in [-0.25, -0.2) is 9.07 Å². The second-order valence-corrected chi connectivity index (χ2v) is 5.67. The van der Waals surface area contributed by atoms with Crippen LogP contribution in [0.1, 0.15) is 16.1 Å². The van der Waals surface area contributed by atoms with E-state index in [-0.39, 0.29) is 24.1 Å². The third-order valence-corrected chi connectivity index (χ3v) is 3.62. The molecule has 130 valence electrons. The fraction of sp³-hybridized carbons (Fsp3) is 0.188. The van der Waals surface area contributed by atoms with Gasteiger partial charge in [-0.2, -0.15) is 10.2 Å². The number of aromatic nitrogens is 4. The maximum atomic E-state index is 12.9. The summed E-state index contributed by atoms with van der Waals surface area (Å²) in [6, 6.07) is 7.63. The van der Waals surface area contributed by atoms with Gasteiger partial charge in [0, 0.05) is 19.5 Å². The SMILES string of the molecule is COCn1ccc(C(=O)Nc2nn(Cc3ccc(F)cc3)cc2Cl)n1. The van der Waals surface area contributed by atoms with Crippen LogP contribution in [-0.4, -0.2) is 32.6 Å². The lowest BCUT2D eigenvalue weighted by Gasteiger charge is -2.02. The molecule has 0 radical (unpaired) electrons. The smallest absolute Gasteiger partial charge is 0.277 e. The fourth-order valence-electron chi connectivity index (χ4n) is 2.20. The summed E-state index contributed by atoms with van der Waals surface area (Å²) >= 11 is 6.12. The number of rotatable bonds is 6. The van der Waals surface area contributed by atoms with Gasteiger partial charge in [-0.05, 0) is 23.8 Å². The van der Waals surface area contributed by atoms with Gasteiger partial charge in [0.1, 0.15) is 17.6 Å². The Labute approximate surface area is 148 Å². The lowest BCUT2D eigenvalue weighted by molar-refractivity contribution is 0.101. The van der Waals surface area contributed by atoms with E-state index < -0.39 is 5.91 Å². The zero-order valence-electron chi connectivity index (χ0n) is 13.3. The van der Waals surface area contributed by atoms with E-state index >= 15 is 0 Å². The van der Waals surface area contributed by atoms with Crippen LogP contribution in [0.5, 0.6) is 0 Å². The van der Waals surface area contributed by atoms with Crippen molar-refractivity contribution in [1.82, 2.24) is 19.6 Å². The van der Waals surface area contributed by atoms with Crippen molar-refractivity contribution in [3.63, 3.8) is 0 Å². The number of ether oxygens (including phenoxy) is 1. The van der Waals surface area contributed by atoms with E-state index in [1.165, 1.54) is 23.9 Å². The molecule has 2 aromatic heterocycles. The highest BCUT2D eigenvalue weighted by atomic mass is 35.5. The number of anilines is 1. The van der Waals surface area contributed by atoms with Crippen LogP contribution in [0.25, 0.3) is 0 Å². The van der Waals surface area contributed by atoms with Crippen LogP contribution < -0.4 is 5.32 Å². The number of carbonyl (C=O) groups is 1. The Morgan fingerprint density at radius 3 is 2.72 bits per heavy atom. The standard InChI is InChI=1S/C16H15ClFN5O2/c1-25-10-22-7-6-14(20-22)16(24)19-15-13(17)9-23(21-15)8-11-2-4-12(18)5-3-11/h2-7,9H,8,10H2,1H3,(H,19,21,24). The topological polar surface area (TPSA) is 74.0 Å². The lowest BCUT2D eigenvalue weighted by Crippen LogP contribution is -2.14. The first-order valence-corrected chi connectivity index (χ1v) is 7.74. The highest BCUT2D eigenvalue weighted by Gasteiger charge is 2.14. The molecule has 0 aliphatic carbocycles. The quantitative estimate of drug-likeness (QED) is 0.730. The normalized spacial score (nSPS) is 10.8. The first kappa shape index (κ1) is 17.1. The van der Waals surface area contributed by atoms with Crippen LogP contribution in [0.15, 0.2) is 42.7 Å². The predicted octanol–water partition coefficient (Wildman–Crippen LogP) is 2.78. The number of methoxy groups -OCH3 is 1. The molecule has 0 aliphatic heterocycles. The van der Waals surface area contributed by atoms with Crippen LogP contribution in [0.4, 0.5) is 10.2 Å². The van der Waals surface area contributed by atoms with Crippen LogP contribution in [-0.2, 0) is 18.0 Å². The van der Waals surface area contributed by atoms with Gasteiger partial charge in [0.15, 0.2) is 11.5 Å². The predicted molar refractivity (Wildman–Crippen MR) is 89.9 cm³/mol. The Kier molecular flexibility index (Phi) is 5.11. The third-order valence-electron chi connectivity index (χ3n) is 3.34. The summed E-state index contributed by atoms with van der Waals surface area (Å²) in [5.74, 6) is -0.498. The van der Waals surface area contributed by atoms with Gasteiger partial charge in [-0.15, -0.1) is 0 Å². The second-order valence-electron chi connectivity index (χ2n) is 5.26. The Morgan fingerprint density at radius 1 is 1.24 bits per heavy atom. The molecule has 0 fully saturated rings. The average Bonchev–Trinajstić information content (AvgIpc) is 3.17. The van der Waals surface area contributed by atoms with E-state index in [9.17, 15) is 9.18 Å². The number of hydrogen-bond acceptors (Lipinski definition) is 4. The molecule has 0 unspecified atom stereocenters. The maximum Gasteiger partial charge on any atom is 0.277 e. The maximum absolute atomic E-state index is 12.9. The van der Waals surface area contributed by atoms with Gasteiger partial charge in [0.05, 0.1) is 6.54 Å². The molecule has 0 saturated heterocycles. The van der Waals surface area contributed by atoms with Gasteiger partial charge in [0.2, 0.25) is 0 Å². The first-order chi connectivity index (χ1) is 12.0. The van der Waals surface area contributed by atoms with Crippen molar-refractivity contribution in [2.45, 2.75) is 13.3 Å². The number of nitrogens with zero attached hydrogens (tertiary/aromatic N) is 4. The van der Waals surface area contributed by atoms with E-state index in [4.69, 9.17) is 16.3 Å². The molecule has 0 saturated carbocycles. The molecule has 2 heterocycles. The zero-order valence-corrected chi connectivity index (χ0v) is 14.1. The fourth-order valence-corrected chi connectivity index (χ4v) is 2.40. The first-order valence-electron chi connectivity index (χ1n) is 7.36. The van der Waals surface area contributed by atoms with Crippen molar-refractivity contribution in [2.24, 2.45) is 0 Å². The van der Waals surface area contributed by atoms with Crippen molar-refractivity contribution in [3.8, 4) is 0 Å². The van der Waals surface area contributed by atoms with Crippen LogP contribution in [0, 0.1) is 5.82 Å². The number of halogens is 2. The Bertz CT molecular complexity index is 875. The van der Waals surface area contributed by atoms with E-state index in [2.05, 4.69) is 15.5 Å². The minimum atomic E-state index is -0.427. The summed E-state index contributed by atoms with van der Waals surface area (Å²) < 4.78 is 20.9. The minimum absolute atomic E-state index is 0.223. The van der Waals surface area contributed by atoms with E-state index in [0.29, 0.717) is 11.6 Å². The number of hydrogen-bond donors (Lipinski definition) is 1. The molecule has 1 N–H and O–H groups in total. The highest BCUT2D eigenvalue weighted by Crippen LogP contribution is 2.20. The summed E-state index contributed by atoms with van der Waals surface area (Å²) in [6.07, 6.45) is 3.22. The van der Waals surface area contributed by atoms with Gasteiger partial charge in [-0.1, -0.05) is 23.7 Å². The molecule has 0 bridgehead atoms. The van der Waals surface area contributed by atoms with Crippen LogP contribution in [0.2, 0.25) is 5.02 Å². The summed E-state index contributed by atoms with van der Waals surface area (Å²) in [4.78, 5) is 12.2. The molecule has 3 aromatic rings. The molecular weight excluding hydrogens is 349 g/mol. The van der Waals surface area contributed by atoms with Gasteiger partial charge in [-0.3, -0.25) is 9.48 Å². The van der Waals surface area contributed by atoms with Crippen LogP contribution in [0.3, 0.4) is 0 Å². The van der Waals surface area contributed by atoms with Crippen molar-refractivity contribution in [2.75, 3.05) is 12.4 Å². The number of nitrogens with one attached hydrogen (secondary N) is 1. The van der Waals surface area contributed by atoms with Gasteiger partial charge < -0.3 is 10.1 Å². The molecule has 1 amide bonds. The number of carbonyl (C=O) groups excluding carboxylic acids is 1. The van der Waals surface area contributed by atoms with Crippen molar-refractivity contribution < 1.29 is 13.9 Å². The molecule has 1 aromatic carbocycles. The number of amides is 1. The average molecular weight is 364 g/mol. The number of benzene rings is 1. The van der Waals surface area contributed by atoms with Crippen molar-refractivity contribution in [1.29, 1.82) is 0 Å². The van der Waals surface area contributed by atoms with E-state index in [1.807, 2.05) is 0 Å². The Morgan fingerprint density at radius 2 is 2.00 bits per heavy atom. The Hall–Kier alpha value is -2.71. The summed E-state index contributed by atoms with van der Waals surface area (Å²) in [5.41, 5.74) is 1.08. The third kappa shape index (κ3) is 4.23. The van der Waals surface area contributed by atoms with Gasteiger partial charge >= 0.3 is 0 Å². The Balaban J connectivity index is 1.69. The van der Waals surface area contributed by atoms with Crippen molar-refractivity contribution >= 4 is 23.3 Å². The largest absolute Gasteiger partial charge is 0.362 e. The zero-order chi connectivity index (χ0) is 17.8. The molecule has 25 heavy (non-hydrogen) atoms. The highest BCUT2D eigenvalue weighted by molar-refractivity contribution is 6.33. The molecule has 0 aliphatic rings. The van der Waals surface area contributed by atoms with E-state index in [1.54, 1.807) is 35.3 Å².